The summed E-state index contributed by atoms with van der Waals surface area (Å²) in [7, 11) is 0. The molecule has 1 heterocycles. The molecule has 0 aliphatic heterocycles. The van der Waals surface area contributed by atoms with Crippen LogP contribution in [0, 0.1) is 6.92 Å². The van der Waals surface area contributed by atoms with E-state index in [9.17, 15) is 9.59 Å². The van der Waals surface area contributed by atoms with Crippen molar-refractivity contribution in [1.29, 1.82) is 0 Å². The molecule has 0 aliphatic carbocycles. The number of rotatable bonds is 4. The third kappa shape index (κ3) is 3.66. The Balaban J connectivity index is 1.78. The molecule has 0 saturated carbocycles. The van der Waals surface area contributed by atoms with E-state index in [1.807, 2.05) is 37.3 Å². The van der Waals surface area contributed by atoms with Gasteiger partial charge in [0.2, 0.25) is 5.91 Å². The van der Waals surface area contributed by atoms with Crippen LogP contribution in [0.25, 0.3) is 11.0 Å². The number of nitrogens with one attached hydrogen (secondary N) is 1. The minimum atomic E-state index is -0.456. The molecule has 0 aliphatic rings. The minimum absolute atomic E-state index is 0.107. The summed E-state index contributed by atoms with van der Waals surface area (Å²) in [5.41, 5.74) is 2.53. The summed E-state index contributed by atoms with van der Waals surface area (Å²) in [5, 5.41) is 4.21. The van der Waals surface area contributed by atoms with Crippen molar-refractivity contribution in [2.24, 2.45) is 0 Å². The van der Waals surface area contributed by atoms with Crippen LogP contribution >= 0.6 is 11.6 Å². The molecule has 0 saturated heterocycles. The first-order valence-corrected chi connectivity index (χ1v) is 7.94. The van der Waals surface area contributed by atoms with E-state index in [2.05, 4.69) is 5.32 Å². The van der Waals surface area contributed by atoms with Crippen molar-refractivity contribution in [3.63, 3.8) is 0 Å². The second-order valence-electron chi connectivity index (χ2n) is 5.64. The Morgan fingerprint density at radius 1 is 1.12 bits per heavy atom. The monoisotopic (exact) mass is 341 g/mol. The second-order valence-corrected chi connectivity index (χ2v) is 6.04. The third-order valence-electron chi connectivity index (χ3n) is 3.77. The van der Waals surface area contributed by atoms with E-state index in [1.165, 1.54) is 6.07 Å². The lowest BCUT2D eigenvalue weighted by molar-refractivity contribution is -0.120. The summed E-state index contributed by atoms with van der Waals surface area (Å²) >= 11 is 6.08. The maximum absolute atomic E-state index is 12.2. The Kier molecular flexibility index (Phi) is 4.67. The van der Waals surface area contributed by atoms with Gasteiger partial charge in [0.15, 0.2) is 0 Å². The highest BCUT2D eigenvalue weighted by atomic mass is 35.5. The molecule has 0 unspecified atom stereocenters. The van der Waals surface area contributed by atoms with Gasteiger partial charge in [-0.05, 0) is 35.7 Å². The number of benzene rings is 2. The van der Waals surface area contributed by atoms with E-state index in [1.54, 1.807) is 12.1 Å². The van der Waals surface area contributed by atoms with Crippen LogP contribution < -0.4 is 10.9 Å². The van der Waals surface area contributed by atoms with Crippen molar-refractivity contribution in [2.75, 3.05) is 0 Å². The predicted molar refractivity (Wildman–Crippen MR) is 94.2 cm³/mol. The number of amides is 1. The van der Waals surface area contributed by atoms with Crippen molar-refractivity contribution in [3.8, 4) is 0 Å². The lowest BCUT2D eigenvalue weighted by Crippen LogP contribution is -2.25. The SMILES string of the molecule is Cc1ccc2c(CC(=O)NCc3ccccc3Cl)cc(=O)oc2c1. The van der Waals surface area contributed by atoms with Crippen LogP contribution in [-0.4, -0.2) is 5.91 Å². The van der Waals surface area contributed by atoms with E-state index in [-0.39, 0.29) is 12.3 Å². The fourth-order valence-electron chi connectivity index (χ4n) is 2.55. The summed E-state index contributed by atoms with van der Waals surface area (Å²) in [6, 6.07) is 14.3. The average molecular weight is 342 g/mol. The molecule has 1 aromatic heterocycles. The summed E-state index contributed by atoms with van der Waals surface area (Å²) in [4.78, 5) is 23.9. The van der Waals surface area contributed by atoms with Gasteiger partial charge < -0.3 is 9.73 Å². The topological polar surface area (TPSA) is 59.3 Å². The number of aryl methyl sites for hydroxylation is 1. The molecule has 2 aromatic carbocycles. The van der Waals surface area contributed by atoms with Gasteiger partial charge >= 0.3 is 5.63 Å². The Morgan fingerprint density at radius 3 is 2.71 bits per heavy atom. The second kappa shape index (κ2) is 6.89. The quantitative estimate of drug-likeness (QED) is 0.737. The van der Waals surface area contributed by atoms with E-state index in [4.69, 9.17) is 16.0 Å². The van der Waals surface area contributed by atoms with Crippen LogP contribution in [0.1, 0.15) is 16.7 Å². The smallest absolute Gasteiger partial charge is 0.336 e. The molecule has 0 spiro atoms. The molecule has 3 aromatic rings. The average Bonchev–Trinajstić information content (AvgIpc) is 2.53. The largest absolute Gasteiger partial charge is 0.423 e. The van der Waals surface area contributed by atoms with Crippen molar-refractivity contribution in [1.82, 2.24) is 5.32 Å². The molecule has 5 heteroatoms. The molecule has 0 fully saturated rings. The summed E-state index contributed by atoms with van der Waals surface area (Å²) < 4.78 is 5.21. The van der Waals surface area contributed by atoms with E-state index in [0.717, 1.165) is 16.5 Å². The molecule has 1 N–H and O–H groups in total. The van der Waals surface area contributed by atoms with Crippen LogP contribution in [0.4, 0.5) is 0 Å². The Bertz CT molecular complexity index is 962. The molecule has 4 nitrogen and oxygen atoms in total. The van der Waals surface area contributed by atoms with Crippen LogP contribution in [-0.2, 0) is 17.8 Å². The standard InChI is InChI=1S/C19H16ClNO3/c1-12-6-7-15-14(10-19(23)24-17(15)8-12)9-18(22)21-11-13-4-2-3-5-16(13)20/h2-8,10H,9,11H2,1H3,(H,21,22). The lowest BCUT2D eigenvalue weighted by atomic mass is 10.1. The zero-order valence-electron chi connectivity index (χ0n) is 13.1. The molecular formula is C19H16ClNO3. The van der Waals surface area contributed by atoms with Gasteiger partial charge in [-0.3, -0.25) is 4.79 Å². The Labute approximate surface area is 144 Å². The fourth-order valence-corrected chi connectivity index (χ4v) is 2.76. The number of hydrogen-bond donors (Lipinski definition) is 1. The van der Waals surface area contributed by atoms with Crippen LogP contribution in [0.2, 0.25) is 5.02 Å². The zero-order valence-corrected chi connectivity index (χ0v) is 13.9. The van der Waals surface area contributed by atoms with E-state index >= 15 is 0 Å². The number of carbonyl (C=O) groups excluding carboxylic acids is 1. The van der Waals surface area contributed by atoms with Crippen LogP contribution in [0.5, 0.6) is 0 Å². The van der Waals surface area contributed by atoms with Crippen molar-refractivity contribution in [3.05, 3.63) is 80.7 Å². The van der Waals surface area contributed by atoms with Crippen LogP contribution in [0.15, 0.2) is 57.7 Å². The van der Waals surface area contributed by atoms with Gasteiger partial charge in [-0.1, -0.05) is 41.9 Å². The predicted octanol–water partition coefficient (Wildman–Crippen LogP) is 3.61. The summed E-state index contributed by atoms with van der Waals surface area (Å²) in [6.07, 6.45) is 0.107. The zero-order chi connectivity index (χ0) is 17.1. The number of halogens is 1. The van der Waals surface area contributed by atoms with E-state index < -0.39 is 5.63 Å². The third-order valence-corrected chi connectivity index (χ3v) is 4.14. The first kappa shape index (κ1) is 16.3. The molecule has 122 valence electrons. The summed E-state index contributed by atoms with van der Waals surface area (Å²) in [5.74, 6) is -0.178. The van der Waals surface area contributed by atoms with Crippen molar-refractivity contribution >= 4 is 28.5 Å². The first-order valence-electron chi connectivity index (χ1n) is 7.56. The molecule has 0 bridgehead atoms. The van der Waals surface area contributed by atoms with Gasteiger partial charge in [-0.15, -0.1) is 0 Å². The number of carbonyl (C=O) groups is 1. The number of fused-ring (bicyclic) bond motifs is 1. The van der Waals surface area contributed by atoms with E-state index in [0.29, 0.717) is 22.7 Å². The molecule has 0 radical (unpaired) electrons. The van der Waals surface area contributed by atoms with Crippen LogP contribution in [0.3, 0.4) is 0 Å². The maximum Gasteiger partial charge on any atom is 0.336 e. The lowest BCUT2D eigenvalue weighted by Gasteiger charge is -2.08. The number of hydrogen-bond acceptors (Lipinski definition) is 3. The van der Waals surface area contributed by atoms with Gasteiger partial charge in [0.25, 0.3) is 0 Å². The highest BCUT2D eigenvalue weighted by molar-refractivity contribution is 6.31. The highest BCUT2D eigenvalue weighted by Gasteiger charge is 2.10. The van der Waals surface area contributed by atoms with Gasteiger partial charge in [0.1, 0.15) is 5.58 Å². The fraction of sp³-hybridized carbons (Fsp3) is 0.158. The molecule has 1 amide bonds. The highest BCUT2D eigenvalue weighted by Crippen LogP contribution is 2.19. The Morgan fingerprint density at radius 2 is 1.92 bits per heavy atom. The maximum atomic E-state index is 12.2. The molecule has 0 atom stereocenters. The Hall–Kier alpha value is -2.59. The molecular weight excluding hydrogens is 326 g/mol. The van der Waals surface area contributed by atoms with Gasteiger partial charge in [0.05, 0.1) is 6.42 Å². The van der Waals surface area contributed by atoms with Gasteiger partial charge in [0, 0.05) is 23.0 Å². The van der Waals surface area contributed by atoms with Crippen molar-refractivity contribution < 1.29 is 9.21 Å². The van der Waals surface area contributed by atoms with Crippen molar-refractivity contribution in [2.45, 2.75) is 19.9 Å². The first-order chi connectivity index (χ1) is 11.5. The molecule has 24 heavy (non-hydrogen) atoms. The molecule has 3 rings (SSSR count). The van der Waals surface area contributed by atoms with Gasteiger partial charge in [-0.2, -0.15) is 0 Å². The minimum Gasteiger partial charge on any atom is -0.423 e. The van der Waals surface area contributed by atoms with Gasteiger partial charge in [-0.25, -0.2) is 4.79 Å². The summed E-state index contributed by atoms with van der Waals surface area (Å²) in [6.45, 7) is 2.26. The normalized spacial score (nSPS) is 10.8.